The maximum Gasteiger partial charge on any atom is 0.178 e. The number of halogens is 1. The molecule has 0 aromatic rings. The first-order valence-corrected chi connectivity index (χ1v) is 8.90. The molecule has 0 aliphatic rings. The van der Waals surface area contributed by atoms with E-state index in [2.05, 4.69) is 15.9 Å². The lowest BCUT2D eigenvalue weighted by Gasteiger charge is -2.11. The van der Waals surface area contributed by atoms with Crippen molar-refractivity contribution in [1.29, 1.82) is 0 Å². The number of alkyl halides is 1. The van der Waals surface area contributed by atoms with Gasteiger partial charge in [0.1, 0.15) is 6.10 Å². The number of hydrogen-bond donors (Lipinski definition) is 3. The van der Waals surface area contributed by atoms with E-state index in [-0.39, 0.29) is 0 Å². The monoisotopic (exact) mass is 338 g/mol. The van der Waals surface area contributed by atoms with E-state index in [0.29, 0.717) is 6.42 Å². The summed E-state index contributed by atoms with van der Waals surface area (Å²) in [4.78, 5) is 0. The van der Waals surface area contributed by atoms with E-state index in [1.54, 1.807) is 0 Å². The van der Waals surface area contributed by atoms with E-state index in [9.17, 15) is 5.11 Å². The number of rotatable bonds is 14. The average Bonchev–Trinajstić information content (AvgIpc) is 2.39. The highest BCUT2D eigenvalue weighted by atomic mass is 79.9. The predicted molar refractivity (Wildman–Crippen MR) is 83.4 cm³/mol. The molecule has 0 aromatic carbocycles. The molecule has 116 valence electrons. The fourth-order valence-corrected chi connectivity index (χ4v) is 2.58. The van der Waals surface area contributed by atoms with Crippen LogP contribution in [0.25, 0.3) is 0 Å². The molecular formula is C15H31BrO3. The van der Waals surface area contributed by atoms with Crippen molar-refractivity contribution in [3.63, 3.8) is 0 Å². The Bertz CT molecular complexity index is 177. The van der Waals surface area contributed by atoms with Crippen molar-refractivity contribution in [2.75, 3.05) is 5.33 Å². The molecule has 0 rings (SSSR count). The standard InChI is InChI=1S/C15H31BrO3/c16-13-11-9-7-5-3-1-2-4-6-8-10-12-14(17)15(18)19/h14-15,17-19H,1-13H2. The van der Waals surface area contributed by atoms with Crippen molar-refractivity contribution in [2.24, 2.45) is 0 Å². The molecule has 3 nitrogen and oxygen atoms in total. The van der Waals surface area contributed by atoms with E-state index >= 15 is 0 Å². The molecule has 0 aromatic heterocycles. The summed E-state index contributed by atoms with van der Waals surface area (Å²) in [7, 11) is 0. The lowest BCUT2D eigenvalue weighted by atomic mass is 10.0. The zero-order valence-electron chi connectivity index (χ0n) is 12.1. The van der Waals surface area contributed by atoms with Gasteiger partial charge in [-0.3, -0.25) is 0 Å². The van der Waals surface area contributed by atoms with Crippen LogP contribution >= 0.6 is 15.9 Å². The fraction of sp³-hybridized carbons (Fsp3) is 1.00. The number of unbranched alkanes of at least 4 members (excludes halogenated alkanes) is 10. The molecule has 0 radical (unpaired) electrons. The molecule has 0 heterocycles. The third-order valence-corrected chi connectivity index (χ3v) is 4.04. The van der Waals surface area contributed by atoms with Gasteiger partial charge in [-0.05, 0) is 12.8 Å². The SMILES string of the molecule is OC(O)C(O)CCCCCCCCCCCCCBr. The minimum atomic E-state index is -1.58. The first kappa shape index (κ1) is 19.4. The highest BCUT2D eigenvalue weighted by Gasteiger charge is 2.11. The predicted octanol–water partition coefficient (Wildman–Crippen LogP) is 3.73. The van der Waals surface area contributed by atoms with Gasteiger partial charge in [0.05, 0.1) is 0 Å². The number of aliphatic hydroxyl groups is 3. The Morgan fingerprint density at radius 1 is 0.579 bits per heavy atom. The van der Waals surface area contributed by atoms with E-state index in [0.717, 1.165) is 18.2 Å². The molecule has 0 aliphatic carbocycles. The molecule has 1 unspecified atom stereocenters. The average molecular weight is 339 g/mol. The van der Waals surface area contributed by atoms with Crippen molar-refractivity contribution in [3.05, 3.63) is 0 Å². The van der Waals surface area contributed by atoms with Crippen molar-refractivity contribution >= 4 is 15.9 Å². The van der Waals surface area contributed by atoms with Gasteiger partial charge in [0.25, 0.3) is 0 Å². The van der Waals surface area contributed by atoms with Crippen LogP contribution in [0.4, 0.5) is 0 Å². The summed E-state index contributed by atoms with van der Waals surface area (Å²) in [6.07, 6.45) is 11.7. The van der Waals surface area contributed by atoms with Crippen LogP contribution in [-0.4, -0.2) is 33.0 Å². The van der Waals surface area contributed by atoms with Gasteiger partial charge in [-0.2, -0.15) is 0 Å². The van der Waals surface area contributed by atoms with E-state index < -0.39 is 12.4 Å². The molecule has 4 heteroatoms. The highest BCUT2D eigenvalue weighted by Crippen LogP contribution is 2.13. The van der Waals surface area contributed by atoms with Gasteiger partial charge >= 0.3 is 0 Å². The summed E-state index contributed by atoms with van der Waals surface area (Å²) in [6, 6.07) is 0. The highest BCUT2D eigenvalue weighted by molar-refractivity contribution is 9.09. The minimum Gasteiger partial charge on any atom is -0.388 e. The van der Waals surface area contributed by atoms with Crippen LogP contribution in [-0.2, 0) is 0 Å². The first-order valence-electron chi connectivity index (χ1n) is 7.78. The van der Waals surface area contributed by atoms with E-state index in [4.69, 9.17) is 10.2 Å². The van der Waals surface area contributed by atoms with Crippen molar-refractivity contribution in [1.82, 2.24) is 0 Å². The van der Waals surface area contributed by atoms with Gasteiger partial charge in [-0.1, -0.05) is 80.1 Å². The second-order valence-corrected chi connectivity index (χ2v) is 6.14. The molecular weight excluding hydrogens is 308 g/mol. The molecule has 0 spiro atoms. The largest absolute Gasteiger partial charge is 0.388 e. The van der Waals surface area contributed by atoms with Crippen LogP contribution in [0, 0.1) is 0 Å². The maximum atomic E-state index is 9.18. The second kappa shape index (κ2) is 14.8. The van der Waals surface area contributed by atoms with Crippen LogP contribution < -0.4 is 0 Å². The quantitative estimate of drug-likeness (QED) is 0.257. The van der Waals surface area contributed by atoms with Crippen LogP contribution in [0.3, 0.4) is 0 Å². The van der Waals surface area contributed by atoms with Gasteiger partial charge < -0.3 is 15.3 Å². The first-order chi connectivity index (χ1) is 9.18. The minimum absolute atomic E-state index is 0.491. The number of aliphatic hydroxyl groups excluding tert-OH is 2. The summed E-state index contributed by atoms with van der Waals surface area (Å²) in [6.45, 7) is 0. The summed E-state index contributed by atoms with van der Waals surface area (Å²) in [5.41, 5.74) is 0. The molecule has 0 bridgehead atoms. The molecule has 0 fully saturated rings. The van der Waals surface area contributed by atoms with E-state index in [1.165, 1.54) is 57.8 Å². The Balaban J connectivity index is 3.03. The topological polar surface area (TPSA) is 60.7 Å². The Labute approximate surface area is 126 Å². The van der Waals surface area contributed by atoms with Gasteiger partial charge in [-0.25, -0.2) is 0 Å². The fourth-order valence-electron chi connectivity index (χ4n) is 2.19. The van der Waals surface area contributed by atoms with Crippen molar-refractivity contribution < 1.29 is 15.3 Å². The lowest BCUT2D eigenvalue weighted by molar-refractivity contribution is -0.124. The summed E-state index contributed by atoms with van der Waals surface area (Å²) in [5, 5.41) is 27.7. The summed E-state index contributed by atoms with van der Waals surface area (Å²) in [5.74, 6) is 0. The second-order valence-electron chi connectivity index (χ2n) is 5.35. The molecule has 19 heavy (non-hydrogen) atoms. The smallest absolute Gasteiger partial charge is 0.178 e. The number of hydrogen-bond acceptors (Lipinski definition) is 3. The van der Waals surface area contributed by atoms with E-state index in [1.807, 2.05) is 0 Å². The third-order valence-electron chi connectivity index (χ3n) is 3.48. The Morgan fingerprint density at radius 3 is 1.32 bits per heavy atom. The van der Waals surface area contributed by atoms with Crippen LogP contribution in [0.5, 0.6) is 0 Å². The van der Waals surface area contributed by atoms with Gasteiger partial charge in [-0.15, -0.1) is 0 Å². The molecule has 0 amide bonds. The van der Waals surface area contributed by atoms with Crippen molar-refractivity contribution in [2.45, 2.75) is 89.4 Å². The normalized spacial score (nSPS) is 13.1. The van der Waals surface area contributed by atoms with Crippen LogP contribution in [0.2, 0.25) is 0 Å². The Morgan fingerprint density at radius 2 is 0.947 bits per heavy atom. The third kappa shape index (κ3) is 14.6. The zero-order chi connectivity index (χ0) is 14.3. The molecule has 3 N–H and O–H groups in total. The molecule has 0 saturated carbocycles. The molecule has 1 atom stereocenters. The maximum absolute atomic E-state index is 9.18. The lowest BCUT2D eigenvalue weighted by Crippen LogP contribution is -2.24. The van der Waals surface area contributed by atoms with Crippen LogP contribution in [0.15, 0.2) is 0 Å². The Kier molecular flexibility index (Phi) is 15.0. The summed E-state index contributed by atoms with van der Waals surface area (Å²) >= 11 is 3.45. The van der Waals surface area contributed by atoms with Crippen LogP contribution in [0.1, 0.15) is 77.0 Å². The zero-order valence-corrected chi connectivity index (χ0v) is 13.7. The summed E-state index contributed by atoms with van der Waals surface area (Å²) < 4.78 is 0. The van der Waals surface area contributed by atoms with Gasteiger partial charge in [0, 0.05) is 5.33 Å². The Hall–Kier alpha value is 0.360. The molecule has 0 aliphatic heterocycles. The van der Waals surface area contributed by atoms with Gasteiger partial charge in [0.2, 0.25) is 0 Å². The van der Waals surface area contributed by atoms with Gasteiger partial charge in [0.15, 0.2) is 6.29 Å². The van der Waals surface area contributed by atoms with Crippen molar-refractivity contribution in [3.8, 4) is 0 Å². The molecule has 0 saturated heterocycles.